The first-order chi connectivity index (χ1) is 8.63. The molecule has 0 radical (unpaired) electrons. The quantitative estimate of drug-likeness (QED) is 0.798. The molecule has 2 heterocycles. The van der Waals surface area contributed by atoms with Crippen molar-refractivity contribution < 1.29 is 4.74 Å². The highest BCUT2D eigenvalue weighted by Crippen LogP contribution is 2.10. The third kappa shape index (κ3) is 4.50. The Labute approximate surface area is 112 Å². The molecule has 2 fully saturated rings. The maximum absolute atomic E-state index is 5.92. The van der Waals surface area contributed by atoms with Gasteiger partial charge in [0.15, 0.2) is 0 Å². The second kappa shape index (κ2) is 6.85. The summed E-state index contributed by atoms with van der Waals surface area (Å²) in [7, 11) is 0. The predicted octanol–water partition coefficient (Wildman–Crippen LogP) is 0.637. The average molecular weight is 255 g/mol. The van der Waals surface area contributed by atoms with Gasteiger partial charge < -0.3 is 10.1 Å². The Kier molecular flexibility index (Phi) is 5.42. The summed E-state index contributed by atoms with van der Waals surface area (Å²) >= 11 is 0. The predicted molar refractivity (Wildman–Crippen MR) is 74.9 cm³/mol. The smallest absolute Gasteiger partial charge is 0.0829 e. The lowest BCUT2D eigenvalue weighted by Crippen LogP contribution is -2.54. The van der Waals surface area contributed by atoms with Gasteiger partial charge in [-0.2, -0.15) is 0 Å². The molecule has 1 N–H and O–H groups in total. The van der Waals surface area contributed by atoms with Crippen molar-refractivity contribution in [2.24, 2.45) is 5.92 Å². The summed E-state index contributed by atoms with van der Waals surface area (Å²) in [5, 5.41) is 3.49. The zero-order valence-electron chi connectivity index (χ0n) is 12.2. The van der Waals surface area contributed by atoms with Crippen LogP contribution in [0.4, 0.5) is 0 Å². The number of nitrogens with one attached hydrogen (secondary N) is 1. The van der Waals surface area contributed by atoms with Crippen molar-refractivity contribution in [2.75, 3.05) is 52.4 Å². The van der Waals surface area contributed by atoms with Crippen molar-refractivity contribution in [1.82, 2.24) is 15.1 Å². The van der Waals surface area contributed by atoms with Crippen LogP contribution in [0.3, 0.4) is 0 Å². The van der Waals surface area contributed by atoms with Gasteiger partial charge in [0.2, 0.25) is 0 Å². The van der Waals surface area contributed by atoms with Crippen molar-refractivity contribution in [3.05, 3.63) is 0 Å². The molecular formula is C14H29N3O. The van der Waals surface area contributed by atoms with Crippen LogP contribution in [-0.4, -0.2) is 74.4 Å². The molecule has 4 nitrogen and oxygen atoms in total. The van der Waals surface area contributed by atoms with Gasteiger partial charge in [0, 0.05) is 51.9 Å². The molecule has 0 bridgehead atoms. The molecule has 2 rings (SSSR count). The Morgan fingerprint density at radius 3 is 2.78 bits per heavy atom. The lowest BCUT2D eigenvalue weighted by molar-refractivity contribution is -0.0483. The van der Waals surface area contributed by atoms with Gasteiger partial charge in [-0.25, -0.2) is 0 Å². The molecule has 106 valence electrons. The fourth-order valence-corrected chi connectivity index (χ4v) is 3.04. The number of hydrogen-bond acceptors (Lipinski definition) is 4. The average Bonchev–Trinajstić information content (AvgIpc) is 2.28. The van der Waals surface area contributed by atoms with Crippen LogP contribution in [-0.2, 0) is 4.74 Å². The Morgan fingerprint density at radius 2 is 2.06 bits per heavy atom. The molecule has 0 aromatic heterocycles. The van der Waals surface area contributed by atoms with E-state index in [0.29, 0.717) is 12.1 Å². The second-order valence-corrected chi connectivity index (χ2v) is 6.26. The van der Waals surface area contributed by atoms with E-state index in [2.05, 4.69) is 35.9 Å². The zero-order chi connectivity index (χ0) is 13.0. The molecule has 1 unspecified atom stereocenters. The second-order valence-electron chi connectivity index (χ2n) is 6.26. The summed E-state index contributed by atoms with van der Waals surface area (Å²) in [6.45, 7) is 15.7. The first-order valence-electron chi connectivity index (χ1n) is 7.43. The molecule has 2 aliphatic heterocycles. The molecule has 0 aromatic rings. The first-order valence-corrected chi connectivity index (χ1v) is 7.43. The van der Waals surface area contributed by atoms with E-state index in [0.717, 1.165) is 51.8 Å². The van der Waals surface area contributed by atoms with E-state index in [-0.39, 0.29) is 0 Å². The number of rotatable bonds is 4. The van der Waals surface area contributed by atoms with Crippen LogP contribution >= 0.6 is 0 Å². The molecule has 0 aliphatic carbocycles. The number of hydrogen-bond donors (Lipinski definition) is 1. The third-order valence-electron chi connectivity index (χ3n) is 3.76. The highest BCUT2D eigenvalue weighted by molar-refractivity contribution is 4.80. The molecule has 4 heteroatoms. The number of nitrogens with zero attached hydrogens (tertiary/aromatic N) is 2. The summed E-state index contributed by atoms with van der Waals surface area (Å²) in [5.41, 5.74) is 0. The van der Waals surface area contributed by atoms with Gasteiger partial charge in [0.05, 0.1) is 12.7 Å². The van der Waals surface area contributed by atoms with E-state index in [1.54, 1.807) is 0 Å². The SMILES string of the molecule is CC(C)CN1CCOC(CN2CCN[C@@H](C)C2)C1. The van der Waals surface area contributed by atoms with Gasteiger partial charge in [-0.05, 0) is 12.8 Å². The van der Waals surface area contributed by atoms with Crippen molar-refractivity contribution in [3.63, 3.8) is 0 Å². The number of ether oxygens (including phenoxy) is 1. The van der Waals surface area contributed by atoms with Crippen LogP contribution < -0.4 is 5.32 Å². The van der Waals surface area contributed by atoms with E-state index < -0.39 is 0 Å². The van der Waals surface area contributed by atoms with Crippen LogP contribution in [0.15, 0.2) is 0 Å². The van der Waals surface area contributed by atoms with Crippen LogP contribution in [0.5, 0.6) is 0 Å². The van der Waals surface area contributed by atoms with Crippen molar-refractivity contribution in [1.29, 1.82) is 0 Å². The third-order valence-corrected chi connectivity index (χ3v) is 3.76. The van der Waals surface area contributed by atoms with Gasteiger partial charge >= 0.3 is 0 Å². The highest BCUT2D eigenvalue weighted by Gasteiger charge is 2.24. The molecule has 2 atom stereocenters. The van der Waals surface area contributed by atoms with Crippen molar-refractivity contribution >= 4 is 0 Å². The van der Waals surface area contributed by atoms with Crippen molar-refractivity contribution in [2.45, 2.75) is 32.9 Å². The van der Waals surface area contributed by atoms with Gasteiger partial charge in [0.25, 0.3) is 0 Å². The molecule has 0 saturated carbocycles. The van der Waals surface area contributed by atoms with E-state index in [9.17, 15) is 0 Å². The minimum Gasteiger partial charge on any atom is -0.374 e. The van der Waals surface area contributed by atoms with Gasteiger partial charge in [-0.3, -0.25) is 9.80 Å². The Balaban J connectivity index is 1.74. The molecular weight excluding hydrogens is 226 g/mol. The van der Waals surface area contributed by atoms with E-state index in [4.69, 9.17) is 4.74 Å². The summed E-state index contributed by atoms with van der Waals surface area (Å²) in [6.07, 6.45) is 0.405. The summed E-state index contributed by atoms with van der Waals surface area (Å²) in [4.78, 5) is 5.11. The fourth-order valence-electron chi connectivity index (χ4n) is 3.04. The zero-order valence-corrected chi connectivity index (χ0v) is 12.2. The Hall–Kier alpha value is -0.160. The van der Waals surface area contributed by atoms with Crippen LogP contribution in [0.2, 0.25) is 0 Å². The van der Waals surface area contributed by atoms with Gasteiger partial charge in [-0.15, -0.1) is 0 Å². The molecule has 0 amide bonds. The van der Waals surface area contributed by atoms with E-state index >= 15 is 0 Å². The minimum absolute atomic E-state index is 0.405. The minimum atomic E-state index is 0.405. The Bertz CT molecular complexity index is 247. The molecule has 2 saturated heterocycles. The maximum atomic E-state index is 5.92. The summed E-state index contributed by atoms with van der Waals surface area (Å²) in [5.74, 6) is 0.753. The maximum Gasteiger partial charge on any atom is 0.0829 e. The summed E-state index contributed by atoms with van der Waals surface area (Å²) in [6, 6.07) is 0.620. The molecule has 2 aliphatic rings. The molecule has 0 aromatic carbocycles. The lowest BCUT2D eigenvalue weighted by atomic mass is 10.1. The topological polar surface area (TPSA) is 27.7 Å². The van der Waals surface area contributed by atoms with E-state index in [1.807, 2.05) is 0 Å². The summed E-state index contributed by atoms with van der Waals surface area (Å²) < 4.78 is 5.92. The normalized spacial score (nSPS) is 32.0. The van der Waals surface area contributed by atoms with Gasteiger partial charge in [-0.1, -0.05) is 13.8 Å². The number of piperazine rings is 1. The first kappa shape index (κ1) is 14.3. The monoisotopic (exact) mass is 255 g/mol. The van der Waals surface area contributed by atoms with Gasteiger partial charge in [0.1, 0.15) is 0 Å². The standard InChI is InChI=1S/C14H29N3O/c1-12(2)8-17-6-7-18-14(11-17)10-16-5-4-15-13(3)9-16/h12-15H,4-11H2,1-3H3/t13-,14?/m0/s1. The molecule has 18 heavy (non-hydrogen) atoms. The van der Waals surface area contributed by atoms with E-state index in [1.165, 1.54) is 6.54 Å². The van der Waals surface area contributed by atoms with Crippen LogP contribution in [0.25, 0.3) is 0 Å². The lowest BCUT2D eigenvalue weighted by Gasteiger charge is -2.38. The van der Waals surface area contributed by atoms with Crippen LogP contribution in [0, 0.1) is 5.92 Å². The van der Waals surface area contributed by atoms with Crippen molar-refractivity contribution in [3.8, 4) is 0 Å². The highest BCUT2D eigenvalue weighted by atomic mass is 16.5. The fraction of sp³-hybridized carbons (Fsp3) is 1.00. The van der Waals surface area contributed by atoms with Crippen LogP contribution in [0.1, 0.15) is 20.8 Å². The largest absolute Gasteiger partial charge is 0.374 e. The molecule has 0 spiro atoms. The Morgan fingerprint density at radius 1 is 1.22 bits per heavy atom. The number of morpholine rings is 1.